The van der Waals surface area contributed by atoms with Crippen molar-refractivity contribution in [3.05, 3.63) is 78.0 Å². The van der Waals surface area contributed by atoms with Crippen molar-refractivity contribution in [2.45, 2.75) is 50.7 Å². The predicted molar refractivity (Wildman–Crippen MR) is 130 cm³/mol. The second kappa shape index (κ2) is 11.6. The standard InChI is InChI=1S/C27H31N3O5/c1-33-20-13-14-22(24(17-20)34-2)25(26(31)29-19-9-4-3-5-10-19)30(18-21-11-8-16-35-21)27(32)23-12-6-7-15-28-23/h6-8,11-17,19,25H,3-5,9-10,18H2,1-2H3,(H,29,31)/t25-/m0/s1. The number of methoxy groups -OCH3 is 2. The number of amides is 2. The first-order chi connectivity index (χ1) is 17.1. The molecule has 0 bridgehead atoms. The van der Waals surface area contributed by atoms with Gasteiger partial charge in [0.15, 0.2) is 0 Å². The van der Waals surface area contributed by atoms with Crippen molar-refractivity contribution in [1.29, 1.82) is 0 Å². The van der Waals surface area contributed by atoms with E-state index >= 15 is 0 Å². The van der Waals surface area contributed by atoms with Crippen molar-refractivity contribution >= 4 is 11.8 Å². The van der Waals surface area contributed by atoms with Crippen molar-refractivity contribution in [2.24, 2.45) is 0 Å². The SMILES string of the molecule is COc1ccc([C@@H](C(=O)NC2CCCCC2)N(Cc2ccco2)C(=O)c2ccccn2)c(OC)c1. The van der Waals surface area contributed by atoms with E-state index in [1.165, 1.54) is 18.4 Å². The number of nitrogens with one attached hydrogen (secondary N) is 1. The normalized spacial score (nSPS) is 14.7. The van der Waals surface area contributed by atoms with Crippen LogP contribution in [0.1, 0.15) is 60.0 Å². The highest BCUT2D eigenvalue weighted by atomic mass is 16.5. The van der Waals surface area contributed by atoms with Crippen LogP contribution < -0.4 is 14.8 Å². The molecular formula is C27H31N3O5. The summed E-state index contributed by atoms with van der Waals surface area (Å²) in [4.78, 5) is 33.4. The van der Waals surface area contributed by atoms with Gasteiger partial charge in [0.1, 0.15) is 29.0 Å². The molecule has 0 spiro atoms. The average Bonchev–Trinajstić information content (AvgIpc) is 3.42. The number of nitrogens with zero attached hydrogens (tertiary/aromatic N) is 2. The van der Waals surface area contributed by atoms with Gasteiger partial charge in [0.25, 0.3) is 5.91 Å². The molecule has 2 amide bonds. The second-order valence-electron chi connectivity index (χ2n) is 8.58. The smallest absolute Gasteiger partial charge is 0.273 e. The lowest BCUT2D eigenvalue weighted by Crippen LogP contribution is -2.47. The van der Waals surface area contributed by atoms with E-state index in [1.807, 2.05) is 0 Å². The number of pyridine rings is 1. The maximum Gasteiger partial charge on any atom is 0.273 e. The van der Waals surface area contributed by atoms with E-state index in [2.05, 4.69) is 10.3 Å². The first-order valence-corrected chi connectivity index (χ1v) is 11.9. The highest BCUT2D eigenvalue weighted by molar-refractivity contribution is 5.96. The van der Waals surface area contributed by atoms with Gasteiger partial charge in [-0.25, -0.2) is 0 Å². The lowest BCUT2D eigenvalue weighted by Gasteiger charge is -2.33. The molecule has 2 heterocycles. The van der Waals surface area contributed by atoms with E-state index in [-0.39, 0.29) is 30.1 Å². The summed E-state index contributed by atoms with van der Waals surface area (Å²) < 4.78 is 16.6. The molecule has 8 nitrogen and oxygen atoms in total. The van der Waals surface area contributed by atoms with E-state index in [0.717, 1.165) is 25.7 Å². The number of furan rings is 1. The van der Waals surface area contributed by atoms with Gasteiger partial charge in [-0.3, -0.25) is 14.6 Å². The lowest BCUT2D eigenvalue weighted by molar-refractivity contribution is -0.127. The van der Waals surface area contributed by atoms with Crippen LogP contribution in [-0.2, 0) is 11.3 Å². The van der Waals surface area contributed by atoms with Crippen molar-refractivity contribution < 1.29 is 23.5 Å². The molecule has 1 fully saturated rings. The minimum atomic E-state index is -0.975. The molecule has 0 aliphatic heterocycles. The van der Waals surface area contributed by atoms with Crippen LogP contribution in [0, 0.1) is 0 Å². The zero-order valence-electron chi connectivity index (χ0n) is 20.1. The van der Waals surface area contributed by atoms with Gasteiger partial charge in [-0.1, -0.05) is 25.3 Å². The number of carbonyl (C=O) groups excluding carboxylic acids is 2. The Morgan fingerprint density at radius 1 is 1.09 bits per heavy atom. The lowest BCUT2D eigenvalue weighted by atomic mass is 9.94. The summed E-state index contributed by atoms with van der Waals surface area (Å²) in [6.07, 6.45) is 8.27. The molecule has 1 saturated carbocycles. The molecule has 1 aliphatic rings. The Kier molecular flexibility index (Phi) is 8.03. The van der Waals surface area contributed by atoms with Crippen LogP contribution in [0.2, 0.25) is 0 Å². The topological polar surface area (TPSA) is 93.9 Å². The number of ether oxygens (including phenoxy) is 2. The molecule has 1 aliphatic carbocycles. The molecule has 3 aromatic rings. The van der Waals surface area contributed by atoms with Crippen LogP contribution in [0.15, 0.2) is 65.4 Å². The quantitative estimate of drug-likeness (QED) is 0.487. The second-order valence-corrected chi connectivity index (χ2v) is 8.58. The average molecular weight is 478 g/mol. The van der Waals surface area contributed by atoms with Gasteiger partial charge in [-0.2, -0.15) is 0 Å². The monoisotopic (exact) mass is 477 g/mol. The fraction of sp³-hybridized carbons (Fsp3) is 0.370. The van der Waals surface area contributed by atoms with Crippen molar-refractivity contribution in [1.82, 2.24) is 15.2 Å². The van der Waals surface area contributed by atoms with E-state index in [1.54, 1.807) is 68.1 Å². The molecule has 4 rings (SSSR count). The molecule has 8 heteroatoms. The van der Waals surface area contributed by atoms with Gasteiger partial charge >= 0.3 is 0 Å². The van der Waals surface area contributed by atoms with Crippen LogP contribution in [-0.4, -0.2) is 42.0 Å². The van der Waals surface area contributed by atoms with Crippen molar-refractivity contribution in [3.63, 3.8) is 0 Å². The van der Waals surface area contributed by atoms with Crippen LogP contribution in [0.3, 0.4) is 0 Å². The van der Waals surface area contributed by atoms with Crippen LogP contribution in [0.4, 0.5) is 0 Å². The Morgan fingerprint density at radius 3 is 2.57 bits per heavy atom. The Bertz CT molecular complexity index is 1110. The summed E-state index contributed by atoms with van der Waals surface area (Å²) >= 11 is 0. The molecule has 1 atom stereocenters. The molecule has 1 aromatic carbocycles. The minimum Gasteiger partial charge on any atom is -0.497 e. The third-order valence-electron chi connectivity index (χ3n) is 6.30. The Morgan fingerprint density at radius 2 is 1.91 bits per heavy atom. The summed E-state index contributed by atoms with van der Waals surface area (Å²) in [5, 5.41) is 3.19. The molecule has 0 saturated heterocycles. The number of benzene rings is 1. The number of hydrogen-bond donors (Lipinski definition) is 1. The summed E-state index contributed by atoms with van der Waals surface area (Å²) in [6.45, 7) is 0.0837. The molecule has 0 radical (unpaired) electrons. The molecular weight excluding hydrogens is 446 g/mol. The Hall–Kier alpha value is -3.81. The predicted octanol–water partition coefficient (Wildman–Crippen LogP) is 4.52. The fourth-order valence-corrected chi connectivity index (χ4v) is 4.51. The summed E-state index contributed by atoms with van der Waals surface area (Å²) in [6, 6.07) is 13.0. The van der Waals surface area contributed by atoms with Crippen molar-refractivity contribution in [3.8, 4) is 11.5 Å². The number of aromatic nitrogens is 1. The van der Waals surface area contributed by atoms with E-state index in [4.69, 9.17) is 13.9 Å². The third-order valence-corrected chi connectivity index (χ3v) is 6.30. The van der Waals surface area contributed by atoms with E-state index < -0.39 is 6.04 Å². The first-order valence-electron chi connectivity index (χ1n) is 11.9. The van der Waals surface area contributed by atoms with Crippen LogP contribution in [0.5, 0.6) is 11.5 Å². The van der Waals surface area contributed by atoms with Gasteiger partial charge in [-0.15, -0.1) is 0 Å². The van der Waals surface area contributed by atoms with Gasteiger partial charge in [-0.05, 0) is 49.2 Å². The van der Waals surface area contributed by atoms with Gasteiger partial charge in [0, 0.05) is 23.9 Å². The number of hydrogen-bond acceptors (Lipinski definition) is 6. The highest BCUT2D eigenvalue weighted by Crippen LogP contribution is 2.35. The first kappa shape index (κ1) is 24.3. The molecule has 184 valence electrons. The highest BCUT2D eigenvalue weighted by Gasteiger charge is 2.36. The Balaban J connectivity index is 1.78. The summed E-state index contributed by atoms with van der Waals surface area (Å²) in [5.41, 5.74) is 0.791. The molecule has 35 heavy (non-hydrogen) atoms. The zero-order chi connectivity index (χ0) is 24.6. The Labute approximate surface area is 205 Å². The van der Waals surface area contributed by atoms with Crippen LogP contribution in [0.25, 0.3) is 0 Å². The molecule has 0 unspecified atom stereocenters. The van der Waals surface area contributed by atoms with Crippen LogP contribution >= 0.6 is 0 Å². The van der Waals surface area contributed by atoms with Gasteiger partial charge < -0.3 is 24.1 Å². The van der Waals surface area contributed by atoms with E-state index in [9.17, 15) is 9.59 Å². The third kappa shape index (κ3) is 5.82. The summed E-state index contributed by atoms with van der Waals surface area (Å²) in [7, 11) is 3.10. The molecule has 2 aromatic heterocycles. The maximum atomic E-state index is 13.9. The summed E-state index contributed by atoms with van der Waals surface area (Å²) in [5.74, 6) is 0.939. The van der Waals surface area contributed by atoms with Crippen molar-refractivity contribution in [2.75, 3.05) is 14.2 Å². The fourth-order valence-electron chi connectivity index (χ4n) is 4.51. The largest absolute Gasteiger partial charge is 0.497 e. The van der Waals surface area contributed by atoms with Gasteiger partial charge in [0.2, 0.25) is 5.91 Å². The number of carbonyl (C=O) groups is 2. The number of rotatable bonds is 9. The minimum absolute atomic E-state index is 0.0680. The van der Waals surface area contributed by atoms with E-state index in [0.29, 0.717) is 22.8 Å². The maximum absolute atomic E-state index is 13.9. The molecule has 1 N–H and O–H groups in total. The van der Waals surface area contributed by atoms with Gasteiger partial charge in [0.05, 0.1) is 27.0 Å². The zero-order valence-corrected chi connectivity index (χ0v) is 20.1.